The summed E-state index contributed by atoms with van der Waals surface area (Å²) in [6.07, 6.45) is 5.77. The highest BCUT2D eigenvalue weighted by molar-refractivity contribution is 7.91. The molecule has 1 aliphatic heterocycles. The van der Waals surface area contributed by atoms with Crippen LogP contribution >= 0.6 is 0 Å². The van der Waals surface area contributed by atoms with Crippen molar-refractivity contribution >= 4 is 9.84 Å². The Kier molecular flexibility index (Phi) is 6.10. The molecule has 1 unspecified atom stereocenters. The van der Waals surface area contributed by atoms with E-state index >= 15 is 0 Å². The molecular formula is C17H26N4O4S. The van der Waals surface area contributed by atoms with E-state index in [0.717, 1.165) is 30.8 Å². The lowest BCUT2D eigenvalue weighted by Gasteiger charge is -2.19. The van der Waals surface area contributed by atoms with Crippen LogP contribution in [0.5, 0.6) is 0 Å². The fourth-order valence-corrected chi connectivity index (χ4v) is 4.70. The number of ether oxygens (including phenoxy) is 1. The Morgan fingerprint density at radius 3 is 2.88 bits per heavy atom. The maximum absolute atomic E-state index is 12.6. The smallest absolute Gasteiger partial charge is 0.227 e. The van der Waals surface area contributed by atoms with Gasteiger partial charge in [-0.15, -0.1) is 0 Å². The molecule has 0 aliphatic carbocycles. The first-order valence-electron chi connectivity index (χ1n) is 8.96. The first-order chi connectivity index (χ1) is 12.5. The van der Waals surface area contributed by atoms with Crippen molar-refractivity contribution in [2.24, 2.45) is 0 Å². The highest BCUT2D eigenvalue weighted by Gasteiger charge is 2.26. The molecule has 0 aromatic carbocycles. The molecule has 144 valence electrons. The van der Waals surface area contributed by atoms with Gasteiger partial charge in [0, 0.05) is 25.8 Å². The van der Waals surface area contributed by atoms with Crippen LogP contribution in [0.15, 0.2) is 28.2 Å². The number of sulfone groups is 1. The van der Waals surface area contributed by atoms with Crippen molar-refractivity contribution in [3.05, 3.63) is 29.9 Å². The van der Waals surface area contributed by atoms with Crippen LogP contribution in [0.25, 0.3) is 0 Å². The van der Waals surface area contributed by atoms with Gasteiger partial charge in [-0.05, 0) is 26.3 Å². The van der Waals surface area contributed by atoms with Crippen LogP contribution in [0.4, 0.5) is 0 Å². The topological polar surface area (TPSA) is 90.5 Å². The van der Waals surface area contributed by atoms with Crippen molar-refractivity contribution < 1.29 is 17.7 Å². The van der Waals surface area contributed by atoms with Crippen LogP contribution in [0.1, 0.15) is 37.6 Å². The predicted octanol–water partition coefficient (Wildman–Crippen LogP) is 1.87. The standard InChI is InChI=1S/C17H26N4O4S/c1-3-9-26(22,23)17-18-10-15(21(17)13-16-5-4-7-24-16)12-20(2)11-14-6-8-25-19-14/h6,8,10,16H,3-5,7,9,11-13H2,1-2H3. The van der Waals surface area contributed by atoms with Crippen LogP contribution in [-0.4, -0.2) is 53.5 Å². The molecule has 3 heterocycles. The maximum atomic E-state index is 12.6. The Hall–Kier alpha value is -1.71. The summed E-state index contributed by atoms with van der Waals surface area (Å²) >= 11 is 0. The second kappa shape index (κ2) is 8.32. The monoisotopic (exact) mass is 382 g/mol. The molecule has 8 nitrogen and oxygen atoms in total. The number of nitrogens with zero attached hydrogens (tertiary/aromatic N) is 4. The molecule has 9 heteroatoms. The predicted molar refractivity (Wildman–Crippen MR) is 95.2 cm³/mol. The Morgan fingerprint density at radius 2 is 2.23 bits per heavy atom. The second-order valence-electron chi connectivity index (χ2n) is 6.76. The Bertz CT molecular complexity index is 795. The largest absolute Gasteiger partial charge is 0.376 e. The molecule has 26 heavy (non-hydrogen) atoms. The van der Waals surface area contributed by atoms with E-state index in [1.807, 2.05) is 24.6 Å². The van der Waals surface area contributed by atoms with Crippen molar-refractivity contribution in [3.8, 4) is 0 Å². The fourth-order valence-electron chi connectivity index (χ4n) is 3.24. The minimum absolute atomic E-state index is 0.0411. The minimum Gasteiger partial charge on any atom is -0.376 e. The Morgan fingerprint density at radius 1 is 1.38 bits per heavy atom. The van der Waals surface area contributed by atoms with Gasteiger partial charge in [-0.25, -0.2) is 13.4 Å². The summed E-state index contributed by atoms with van der Waals surface area (Å²) in [6.45, 7) is 4.29. The summed E-state index contributed by atoms with van der Waals surface area (Å²) in [5, 5.41) is 4.07. The molecule has 0 radical (unpaired) electrons. The summed E-state index contributed by atoms with van der Waals surface area (Å²) in [7, 11) is -1.44. The number of hydrogen-bond acceptors (Lipinski definition) is 7. The highest BCUT2D eigenvalue weighted by atomic mass is 32.2. The van der Waals surface area contributed by atoms with Gasteiger partial charge in [-0.3, -0.25) is 4.90 Å². The molecule has 1 fully saturated rings. The lowest BCUT2D eigenvalue weighted by Crippen LogP contribution is -2.25. The van der Waals surface area contributed by atoms with Gasteiger partial charge in [0.1, 0.15) is 6.26 Å². The SMILES string of the molecule is CCCS(=O)(=O)c1ncc(CN(C)Cc2ccon2)n1CC1CCCO1. The second-order valence-corrected chi connectivity index (χ2v) is 8.76. The first-order valence-corrected chi connectivity index (χ1v) is 10.6. The number of hydrogen-bond donors (Lipinski definition) is 0. The number of rotatable bonds is 9. The minimum atomic E-state index is -3.40. The third kappa shape index (κ3) is 4.52. The van der Waals surface area contributed by atoms with Gasteiger partial charge < -0.3 is 13.8 Å². The normalized spacial score (nSPS) is 18.0. The molecule has 2 aromatic heterocycles. The Balaban J connectivity index is 1.82. The maximum Gasteiger partial charge on any atom is 0.227 e. The van der Waals surface area contributed by atoms with E-state index < -0.39 is 9.84 Å². The molecule has 3 rings (SSSR count). The van der Waals surface area contributed by atoms with Gasteiger partial charge in [0.15, 0.2) is 0 Å². The number of aromatic nitrogens is 3. The van der Waals surface area contributed by atoms with E-state index in [1.54, 1.807) is 12.5 Å². The van der Waals surface area contributed by atoms with Crippen LogP contribution in [-0.2, 0) is 34.2 Å². The summed E-state index contributed by atoms with van der Waals surface area (Å²) in [5.41, 5.74) is 1.69. The average molecular weight is 382 g/mol. The molecule has 1 aliphatic rings. The zero-order valence-electron chi connectivity index (χ0n) is 15.3. The quantitative estimate of drug-likeness (QED) is 0.654. The fraction of sp³-hybridized carbons (Fsp3) is 0.647. The van der Waals surface area contributed by atoms with Crippen LogP contribution in [0, 0.1) is 0 Å². The highest BCUT2D eigenvalue weighted by Crippen LogP contribution is 2.21. The van der Waals surface area contributed by atoms with Gasteiger partial charge in [0.2, 0.25) is 15.0 Å². The molecule has 0 saturated carbocycles. The van der Waals surface area contributed by atoms with Crippen LogP contribution in [0.2, 0.25) is 0 Å². The van der Waals surface area contributed by atoms with E-state index in [2.05, 4.69) is 15.0 Å². The van der Waals surface area contributed by atoms with Crippen LogP contribution < -0.4 is 0 Å². The molecule has 0 spiro atoms. The first kappa shape index (κ1) is 19.1. The Labute approximate surface area is 154 Å². The molecule has 0 amide bonds. The summed E-state index contributed by atoms with van der Waals surface area (Å²) in [4.78, 5) is 6.31. The van der Waals surface area contributed by atoms with E-state index in [9.17, 15) is 8.42 Å². The summed E-state index contributed by atoms with van der Waals surface area (Å²) in [5.74, 6) is 0.101. The van der Waals surface area contributed by atoms with Crippen molar-refractivity contribution in [2.45, 2.75) is 57.1 Å². The summed E-state index contributed by atoms with van der Waals surface area (Å²) < 4.78 is 37.6. The average Bonchev–Trinajstić information content (AvgIpc) is 3.31. The van der Waals surface area contributed by atoms with Crippen molar-refractivity contribution in [1.82, 2.24) is 19.6 Å². The van der Waals surface area contributed by atoms with Gasteiger partial charge in [-0.1, -0.05) is 12.1 Å². The lowest BCUT2D eigenvalue weighted by atomic mass is 10.2. The molecule has 1 atom stereocenters. The summed E-state index contributed by atoms with van der Waals surface area (Å²) in [6, 6.07) is 1.82. The van der Waals surface area contributed by atoms with Crippen LogP contribution in [0.3, 0.4) is 0 Å². The van der Waals surface area contributed by atoms with E-state index in [-0.39, 0.29) is 17.0 Å². The van der Waals surface area contributed by atoms with Gasteiger partial charge in [-0.2, -0.15) is 0 Å². The van der Waals surface area contributed by atoms with Gasteiger partial charge in [0.25, 0.3) is 0 Å². The zero-order chi connectivity index (χ0) is 18.6. The molecular weight excluding hydrogens is 356 g/mol. The molecule has 0 N–H and O–H groups in total. The van der Waals surface area contributed by atoms with E-state index in [1.165, 1.54) is 0 Å². The van der Waals surface area contributed by atoms with Crippen molar-refractivity contribution in [3.63, 3.8) is 0 Å². The molecule has 0 bridgehead atoms. The van der Waals surface area contributed by atoms with Crippen molar-refractivity contribution in [1.29, 1.82) is 0 Å². The van der Waals surface area contributed by atoms with E-state index in [4.69, 9.17) is 9.26 Å². The third-order valence-electron chi connectivity index (χ3n) is 4.42. The van der Waals surface area contributed by atoms with E-state index in [0.29, 0.717) is 26.1 Å². The van der Waals surface area contributed by atoms with Crippen molar-refractivity contribution in [2.75, 3.05) is 19.4 Å². The third-order valence-corrected chi connectivity index (χ3v) is 6.25. The lowest BCUT2D eigenvalue weighted by molar-refractivity contribution is 0.0934. The zero-order valence-corrected chi connectivity index (χ0v) is 16.1. The van der Waals surface area contributed by atoms with Gasteiger partial charge >= 0.3 is 0 Å². The molecule has 1 saturated heterocycles. The molecule has 2 aromatic rings. The van der Waals surface area contributed by atoms with Gasteiger partial charge in [0.05, 0.1) is 36.0 Å². The number of imidazole rings is 1.